The Hall–Kier alpha value is -2.62. The second-order valence-corrected chi connectivity index (χ2v) is 7.20. The van der Waals surface area contributed by atoms with E-state index in [2.05, 4.69) is 55.3 Å². The number of rotatable bonds is 6. The average Bonchev–Trinajstić information content (AvgIpc) is 3.02. The summed E-state index contributed by atoms with van der Waals surface area (Å²) in [6.07, 6.45) is 5.10. The Kier molecular flexibility index (Phi) is 4.88. The fraction of sp³-hybridized carbons (Fsp3) is 0.333. The van der Waals surface area contributed by atoms with Crippen LogP contribution in [0.25, 0.3) is 5.52 Å². The van der Waals surface area contributed by atoms with Crippen LogP contribution < -0.4 is 5.32 Å². The number of aryl methyl sites for hydroxylation is 1. The fourth-order valence-electron chi connectivity index (χ4n) is 2.97. The van der Waals surface area contributed by atoms with E-state index < -0.39 is 0 Å². The van der Waals surface area contributed by atoms with E-state index in [0.717, 1.165) is 17.8 Å². The van der Waals surface area contributed by atoms with Crippen LogP contribution in [0.1, 0.15) is 43.6 Å². The predicted molar refractivity (Wildman–Crippen MR) is 100 cm³/mol. The van der Waals surface area contributed by atoms with E-state index in [0.29, 0.717) is 13.0 Å². The molecule has 0 saturated heterocycles. The maximum Gasteiger partial charge on any atom is 0.220 e. The summed E-state index contributed by atoms with van der Waals surface area (Å²) >= 11 is 0. The van der Waals surface area contributed by atoms with Crippen molar-refractivity contribution in [3.8, 4) is 0 Å². The number of pyridine rings is 1. The summed E-state index contributed by atoms with van der Waals surface area (Å²) in [5.74, 6) is 0.912. The van der Waals surface area contributed by atoms with E-state index in [9.17, 15) is 4.79 Å². The minimum Gasteiger partial charge on any atom is -0.349 e. The summed E-state index contributed by atoms with van der Waals surface area (Å²) in [6, 6.07) is 14.5. The molecule has 1 amide bonds. The lowest BCUT2D eigenvalue weighted by molar-refractivity contribution is -0.121. The van der Waals surface area contributed by atoms with Crippen LogP contribution in [0, 0.1) is 6.92 Å². The van der Waals surface area contributed by atoms with Gasteiger partial charge in [0, 0.05) is 12.6 Å². The number of amides is 1. The predicted octanol–water partition coefficient (Wildman–Crippen LogP) is 4.02. The standard InChI is InChI=1S/C21H25N3O/c1-16-7-9-17(10-8-16)21(2,3)12-11-20(25)23-15-19-22-14-18-6-4-5-13-24(18)19/h4-10,13-14H,11-12,15H2,1-3H3,(H,23,25). The van der Waals surface area contributed by atoms with E-state index in [4.69, 9.17) is 0 Å². The number of carbonyl (C=O) groups is 1. The first-order chi connectivity index (χ1) is 12.0. The minimum absolute atomic E-state index is 0.0228. The van der Waals surface area contributed by atoms with Crippen LogP contribution in [-0.2, 0) is 16.8 Å². The number of fused-ring (bicyclic) bond motifs is 1. The van der Waals surface area contributed by atoms with Crippen LogP contribution in [0.5, 0.6) is 0 Å². The van der Waals surface area contributed by atoms with Crippen molar-refractivity contribution in [3.63, 3.8) is 0 Å². The molecule has 0 fully saturated rings. The number of hydrogen-bond donors (Lipinski definition) is 1. The van der Waals surface area contributed by atoms with Crippen molar-refractivity contribution in [3.05, 3.63) is 71.8 Å². The molecule has 0 saturated carbocycles. The van der Waals surface area contributed by atoms with Gasteiger partial charge in [-0.2, -0.15) is 0 Å². The molecule has 4 nitrogen and oxygen atoms in total. The molecule has 0 aliphatic carbocycles. The van der Waals surface area contributed by atoms with Gasteiger partial charge in [0.25, 0.3) is 0 Å². The van der Waals surface area contributed by atoms with Crippen molar-refractivity contribution < 1.29 is 4.79 Å². The van der Waals surface area contributed by atoms with Gasteiger partial charge in [-0.05, 0) is 36.5 Å². The quantitative estimate of drug-likeness (QED) is 0.739. The van der Waals surface area contributed by atoms with Crippen LogP contribution >= 0.6 is 0 Å². The van der Waals surface area contributed by atoms with Gasteiger partial charge >= 0.3 is 0 Å². The summed E-state index contributed by atoms with van der Waals surface area (Å²) in [5.41, 5.74) is 3.53. The number of hydrogen-bond acceptors (Lipinski definition) is 2. The Morgan fingerprint density at radius 2 is 1.92 bits per heavy atom. The van der Waals surface area contributed by atoms with Crippen molar-refractivity contribution in [1.82, 2.24) is 14.7 Å². The second-order valence-electron chi connectivity index (χ2n) is 7.20. The summed E-state index contributed by atoms with van der Waals surface area (Å²) < 4.78 is 2.00. The molecule has 2 heterocycles. The number of carbonyl (C=O) groups excluding carboxylic acids is 1. The van der Waals surface area contributed by atoms with Crippen LogP contribution in [0.2, 0.25) is 0 Å². The first-order valence-electron chi connectivity index (χ1n) is 8.70. The first kappa shape index (κ1) is 17.2. The molecule has 0 bridgehead atoms. The lowest BCUT2D eigenvalue weighted by Gasteiger charge is -2.25. The summed E-state index contributed by atoms with van der Waals surface area (Å²) in [6.45, 7) is 6.91. The van der Waals surface area contributed by atoms with E-state index in [1.807, 2.05) is 35.0 Å². The molecule has 1 aromatic carbocycles. The molecule has 130 valence electrons. The van der Waals surface area contributed by atoms with Crippen LogP contribution in [0.4, 0.5) is 0 Å². The largest absolute Gasteiger partial charge is 0.349 e. The molecule has 0 atom stereocenters. The van der Waals surface area contributed by atoms with Gasteiger partial charge in [0.1, 0.15) is 5.82 Å². The zero-order chi connectivity index (χ0) is 17.9. The Bertz CT molecular complexity index is 862. The van der Waals surface area contributed by atoms with Crippen LogP contribution in [0.15, 0.2) is 54.9 Å². The fourth-order valence-corrected chi connectivity index (χ4v) is 2.97. The van der Waals surface area contributed by atoms with Gasteiger partial charge < -0.3 is 9.72 Å². The van der Waals surface area contributed by atoms with Gasteiger partial charge in [-0.1, -0.05) is 49.7 Å². The summed E-state index contributed by atoms with van der Waals surface area (Å²) in [5, 5.41) is 2.99. The molecule has 0 unspecified atom stereocenters. The topological polar surface area (TPSA) is 46.4 Å². The normalized spacial score (nSPS) is 11.6. The van der Waals surface area contributed by atoms with Crippen LogP contribution in [-0.4, -0.2) is 15.3 Å². The Morgan fingerprint density at radius 1 is 1.16 bits per heavy atom. The number of imidazole rings is 1. The minimum atomic E-state index is -0.0228. The van der Waals surface area contributed by atoms with Gasteiger partial charge in [-0.15, -0.1) is 0 Å². The van der Waals surface area contributed by atoms with Gasteiger partial charge in [0.15, 0.2) is 0 Å². The number of benzene rings is 1. The SMILES string of the molecule is Cc1ccc(C(C)(C)CCC(=O)NCc2ncc3ccccn23)cc1. The molecule has 0 aliphatic heterocycles. The third kappa shape index (κ3) is 4.08. The molecule has 0 aliphatic rings. The van der Waals surface area contributed by atoms with Crippen LogP contribution in [0.3, 0.4) is 0 Å². The van der Waals surface area contributed by atoms with Gasteiger partial charge in [0.2, 0.25) is 5.91 Å². The molecule has 3 rings (SSSR count). The molecular weight excluding hydrogens is 310 g/mol. The average molecular weight is 335 g/mol. The maximum absolute atomic E-state index is 12.3. The molecule has 3 aromatic rings. The lowest BCUT2D eigenvalue weighted by Crippen LogP contribution is -2.27. The van der Waals surface area contributed by atoms with Crippen molar-refractivity contribution in [2.24, 2.45) is 0 Å². The number of aromatic nitrogens is 2. The van der Waals surface area contributed by atoms with Crippen molar-refractivity contribution in [2.45, 2.75) is 45.6 Å². The highest BCUT2D eigenvalue weighted by atomic mass is 16.1. The smallest absolute Gasteiger partial charge is 0.220 e. The molecule has 0 radical (unpaired) electrons. The van der Waals surface area contributed by atoms with Crippen molar-refractivity contribution >= 4 is 11.4 Å². The Labute approximate surface area is 148 Å². The Morgan fingerprint density at radius 3 is 2.68 bits per heavy atom. The van der Waals surface area contributed by atoms with Gasteiger partial charge in [-0.25, -0.2) is 4.98 Å². The van der Waals surface area contributed by atoms with Gasteiger partial charge in [0.05, 0.1) is 18.3 Å². The number of nitrogens with one attached hydrogen (secondary N) is 1. The highest BCUT2D eigenvalue weighted by Crippen LogP contribution is 2.28. The second kappa shape index (κ2) is 7.09. The molecule has 0 spiro atoms. The summed E-state index contributed by atoms with van der Waals surface area (Å²) in [7, 11) is 0. The van der Waals surface area contributed by atoms with E-state index in [-0.39, 0.29) is 11.3 Å². The van der Waals surface area contributed by atoms with Gasteiger partial charge in [-0.3, -0.25) is 4.79 Å². The summed E-state index contributed by atoms with van der Waals surface area (Å²) in [4.78, 5) is 16.6. The van der Waals surface area contributed by atoms with E-state index >= 15 is 0 Å². The molecular formula is C21H25N3O. The molecule has 25 heavy (non-hydrogen) atoms. The molecule has 1 N–H and O–H groups in total. The highest BCUT2D eigenvalue weighted by Gasteiger charge is 2.21. The van der Waals surface area contributed by atoms with E-state index in [1.165, 1.54) is 11.1 Å². The zero-order valence-corrected chi connectivity index (χ0v) is 15.1. The third-order valence-electron chi connectivity index (χ3n) is 4.77. The third-order valence-corrected chi connectivity index (χ3v) is 4.77. The molecule has 2 aromatic heterocycles. The maximum atomic E-state index is 12.3. The monoisotopic (exact) mass is 335 g/mol. The van der Waals surface area contributed by atoms with E-state index in [1.54, 1.807) is 0 Å². The lowest BCUT2D eigenvalue weighted by atomic mass is 9.80. The first-order valence-corrected chi connectivity index (χ1v) is 8.70. The van der Waals surface area contributed by atoms with Crippen molar-refractivity contribution in [2.75, 3.05) is 0 Å². The molecule has 4 heteroatoms. The van der Waals surface area contributed by atoms with Crippen molar-refractivity contribution in [1.29, 1.82) is 0 Å². The highest BCUT2D eigenvalue weighted by molar-refractivity contribution is 5.76. The zero-order valence-electron chi connectivity index (χ0n) is 15.1. The number of nitrogens with zero attached hydrogens (tertiary/aromatic N) is 2. The Balaban J connectivity index is 1.55.